The standard InChI is InChI=1S/C21H27N3O/c25-21(22-15-19-9-5-2-6-10-19)23-16-20-12-14-24(17-20)13-11-18-7-3-1-4-8-18/h1-10,20H,11-17H2,(H2,22,23,25)/t20-/m1/s1. The molecule has 132 valence electrons. The third-order valence-corrected chi connectivity index (χ3v) is 4.78. The topological polar surface area (TPSA) is 44.4 Å². The van der Waals surface area contributed by atoms with Crippen LogP contribution in [0.25, 0.3) is 0 Å². The summed E-state index contributed by atoms with van der Waals surface area (Å²) in [7, 11) is 0. The van der Waals surface area contributed by atoms with Crippen molar-refractivity contribution in [3.63, 3.8) is 0 Å². The lowest BCUT2D eigenvalue weighted by molar-refractivity contribution is 0.238. The average molecular weight is 337 g/mol. The van der Waals surface area contributed by atoms with Gasteiger partial charge in [-0.15, -0.1) is 0 Å². The van der Waals surface area contributed by atoms with Gasteiger partial charge in [0.25, 0.3) is 0 Å². The number of nitrogens with one attached hydrogen (secondary N) is 2. The van der Waals surface area contributed by atoms with E-state index in [1.54, 1.807) is 0 Å². The van der Waals surface area contributed by atoms with Crippen LogP contribution in [-0.2, 0) is 13.0 Å². The van der Waals surface area contributed by atoms with Crippen molar-refractivity contribution in [2.24, 2.45) is 5.92 Å². The summed E-state index contributed by atoms with van der Waals surface area (Å²) >= 11 is 0. The van der Waals surface area contributed by atoms with Crippen LogP contribution in [0, 0.1) is 5.92 Å². The van der Waals surface area contributed by atoms with Gasteiger partial charge in [-0.2, -0.15) is 0 Å². The van der Waals surface area contributed by atoms with E-state index in [9.17, 15) is 4.79 Å². The zero-order valence-electron chi connectivity index (χ0n) is 14.7. The summed E-state index contributed by atoms with van der Waals surface area (Å²) < 4.78 is 0. The molecule has 0 saturated carbocycles. The van der Waals surface area contributed by atoms with Crippen molar-refractivity contribution in [1.29, 1.82) is 0 Å². The van der Waals surface area contributed by atoms with Gasteiger partial charge in [-0.1, -0.05) is 60.7 Å². The van der Waals surface area contributed by atoms with E-state index in [2.05, 4.69) is 45.9 Å². The van der Waals surface area contributed by atoms with Gasteiger partial charge in [0.05, 0.1) is 0 Å². The van der Waals surface area contributed by atoms with Gasteiger partial charge in [-0.05, 0) is 36.4 Å². The van der Waals surface area contributed by atoms with E-state index < -0.39 is 0 Å². The number of benzene rings is 2. The van der Waals surface area contributed by atoms with Crippen LogP contribution < -0.4 is 10.6 Å². The van der Waals surface area contributed by atoms with Crippen LogP contribution in [0.2, 0.25) is 0 Å². The van der Waals surface area contributed by atoms with Crippen molar-refractivity contribution in [3.05, 3.63) is 71.8 Å². The van der Waals surface area contributed by atoms with Crippen molar-refractivity contribution in [2.75, 3.05) is 26.2 Å². The molecule has 0 radical (unpaired) electrons. The molecule has 2 aromatic carbocycles. The van der Waals surface area contributed by atoms with Gasteiger partial charge in [0.1, 0.15) is 0 Å². The molecule has 2 N–H and O–H groups in total. The molecule has 3 rings (SSSR count). The lowest BCUT2D eigenvalue weighted by Gasteiger charge is -2.16. The first-order valence-electron chi connectivity index (χ1n) is 9.11. The number of likely N-dealkylation sites (tertiary alicyclic amines) is 1. The summed E-state index contributed by atoms with van der Waals surface area (Å²) in [6.45, 7) is 4.63. The van der Waals surface area contributed by atoms with Gasteiger partial charge in [-0.25, -0.2) is 4.79 Å². The van der Waals surface area contributed by atoms with Gasteiger partial charge in [0, 0.05) is 26.2 Å². The molecule has 2 amide bonds. The molecule has 2 aromatic rings. The van der Waals surface area contributed by atoms with Crippen LogP contribution in [0.15, 0.2) is 60.7 Å². The van der Waals surface area contributed by atoms with Crippen molar-refractivity contribution in [1.82, 2.24) is 15.5 Å². The Kier molecular flexibility index (Phi) is 6.46. The third kappa shape index (κ3) is 5.91. The third-order valence-electron chi connectivity index (χ3n) is 4.78. The van der Waals surface area contributed by atoms with Crippen molar-refractivity contribution >= 4 is 6.03 Å². The van der Waals surface area contributed by atoms with E-state index in [1.165, 1.54) is 5.56 Å². The maximum atomic E-state index is 11.9. The normalized spacial score (nSPS) is 17.4. The Morgan fingerprint density at radius 3 is 2.36 bits per heavy atom. The average Bonchev–Trinajstić information content (AvgIpc) is 3.13. The van der Waals surface area contributed by atoms with Gasteiger partial charge >= 0.3 is 6.03 Å². The highest BCUT2D eigenvalue weighted by Gasteiger charge is 2.22. The molecule has 1 aliphatic rings. The van der Waals surface area contributed by atoms with E-state index in [1.807, 2.05) is 30.3 Å². The van der Waals surface area contributed by atoms with Crippen LogP contribution in [0.3, 0.4) is 0 Å². The van der Waals surface area contributed by atoms with E-state index in [4.69, 9.17) is 0 Å². The summed E-state index contributed by atoms with van der Waals surface area (Å²) in [5.41, 5.74) is 2.51. The van der Waals surface area contributed by atoms with E-state index in [0.29, 0.717) is 12.5 Å². The molecule has 1 saturated heterocycles. The van der Waals surface area contributed by atoms with Gasteiger partial charge < -0.3 is 15.5 Å². The second kappa shape index (κ2) is 9.23. The number of amides is 2. The predicted molar refractivity (Wildman–Crippen MR) is 101 cm³/mol. The van der Waals surface area contributed by atoms with Crippen molar-refractivity contribution in [3.8, 4) is 0 Å². The molecule has 1 fully saturated rings. The van der Waals surface area contributed by atoms with E-state index >= 15 is 0 Å². The molecule has 1 heterocycles. The largest absolute Gasteiger partial charge is 0.338 e. The minimum atomic E-state index is -0.0772. The molecule has 0 spiro atoms. The zero-order chi connectivity index (χ0) is 17.3. The lowest BCUT2D eigenvalue weighted by Crippen LogP contribution is -2.38. The Balaban J connectivity index is 1.31. The smallest absolute Gasteiger partial charge is 0.315 e. The number of rotatable bonds is 7. The first-order chi connectivity index (χ1) is 12.3. The summed E-state index contributed by atoms with van der Waals surface area (Å²) in [6, 6.07) is 20.5. The molecular formula is C21H27N3O. The molecule has 0 bridgehead atoms. The van der Waals surface area contributed by atoms with Gasteiger partial charge in [0.2, 0.25) is 0 Å². The lowest BCUT2D eigenvalue weighted by atomic mass is 10.1. The minimum Gasteiger partial charge on any atom is -0.338 e. The minimum absolute atomic E-state index is 0.0772. The maximum Gasteiger partial charge on any atom is 0.315 e. The predicted octanol–water partition coefficient (Wildman–Crippen LogP) is 3.05. The molecule has 1 aliphatic heterocycles. The number of nitrogens with zero attached hydrogens (tertiary/aromatic N) is 1. The molecule has 25 heavy (non-hydrogen) atoms. The fraction of sp³-hybridized carbons (Fsp3) is 0.381. The SMILES string of the molecule is O=C(NCc1ccccc1)NC[C@H]1CCN(CCc2ccccc2)C1. The van der Waals surface area contributed by atoms with Crippen LogP contribution in [-0.4, -0.2) is 37.1 Å². The van der Waals surface area contributed by atoms with E-state index in [0.717, 1.165) is 44.6 Å². The van der Waals surface area contributed by atoms with Crippen molar-refractivity contribution < 1.29 is 4.79 Å². The first-order valence-corrected chi connectivity index (χ1v) is 9.11. The first kappa shape index (κ1) is 17.5. The Labute approximate surface area is 150 Å². The highest BCUT2D eigenvalue weighted by Crippen LogP contribution is 2.16. The number of carbonyl (C=O) groups excluding carboxylic acids is 1. The second-order valence-corrected chi connectivity index (χ2v) is 6.74. The quantitative estimate of drug-likeness (QED) is 0.816. The highest BCUT2D eigenvalue weighted by molar-refractivity contribution is 5.73. The number of hydrogen-bond donors (Lipinski definition) is 2. The fourth-order valence-electron chi connectivity index (χ4n) is 3.29. The van der Waals surface area contributed by atoms with E-state index in [-0.39, 0.29) is 6.03 Å². The summed E-state index contributed by atoms with van der Waals surface area (Å²) in [5.74, 6) is 0.554. The Morgan fingerprint density at radius 1 is 0.960 bits per heavy atom. The van der Waals surface area contributed by atoms with Gasteiger partial charge in [0.15, 0.2) is 0 Å². The Hall–Kier alpha value is -2.33. The highest BCUT2D eigenvalue weighted by atomic mass is 16.2. The molecule has 1 atom stereocenters. The maximum absolute atomic E-state index is 11.9. The molecule has 4 heteroatoms. The summed E-state index contributed by atoms with van der Waals surface area (Å²) in [5, 5.41) is 5.93. The molecule has 4 nitrogen and oxygen atoms in total. The number of urea groups is 1. The Morgan fingerprint density at radius 2 is 1.64 bits per heavy atom. The van der Waals surface area contributed by atoms with Crippen LogP contribution >= 0.6 is 0 Å². The molecule has 0 aromatic heterocycles. The fourth-order valence-corrected chi connectivity index (χ4v) is 3.29. The molecule has 0 aliphatic carbocycles. The molecular weight excluding hydrogens is 310 g/mol. The van der Waals surface area contributed by atoms with Crippen LogP contribution in [0.4, 0.5) is 4.79 Å². The Bertz CT molecular complexity index is 645. The van der Waals surface area contributed by atoms with Crippen molar-refractivity contribution in [2.45, 2.75) is 19.4 Å². The number of hydrogen-bond acceptors (Lipinski definition) is 2. The van der Waals surface area contributed by atoms with Crippen LogP contribution in [0.5, 0.6) is 0 Å². The summed E-state index contributed by atoms with van der Waals surface area (Å²) in [6.07, 6.45) is 2.26. The molecule has 0 unspecified atom stereocenters. The zero-order valence-corrected chi connectivity index (χ0v) is 14.7. The van der Waals surface area contributed by atoms with Gasteiger partial charge in [-0.3, -0.25) is 0 Å². The monoisotopic (exact) mass is 337 g/mol. The summed E-state index contributed by atoms with van der Waals surface area (Å²) in [4.78, 5) is 14.4. The second-order valence-electron chi connectivity index (χ2n) is 6.74. The van der Waals surface area contributed by atoms with Crippen LogP contribution in [0.1, 0.15) is 17.5 Å². The number of carbonyl (C=O) groups is 1.